The van der Waals surface area contributed by atoms with Crippen molar-refractivity contribution in [3.8, 4) is 27.7 Å². The number of piperazine rings is 1. The van der Waals surface area contributed by atoms with E-state index in [1.165, 1.54) is 17.4 Å². The van der Waals surface area contributed by atoms with Crippen LogP contribution in [0.5, 0.6) is 17.2 Å². The summed E-state index contributed by atoms with van der Waals surface area (Å²) in [5, 5.41) is 38.0. The number of aromatic nitrogens is 1. The van der Waals surface area contributed by atoms with Crippen molar-refractivity contribution in [1.29, 1.82) is 0 Å². The second-order valence-corrected chi connectivity index (χ2v) is 23.5. The van der Waals surface area contributed by atoms with E-state index in [-0.39, 0.29) is 78.3 Å². The molecular formula is C59H79N7O9S. The first-order valence-electron chi connectivity index (χ1n) is 27.6. The molecule has 0 radical (unpaired) electrons. The Morgan fingerprint density at radius 1 is 0.816 bits per heavy atom. The number of phenols is 2. The van der Waals surface area contributed by atoms with Crippen LogP contribution in [0.15, 0.2) is 54.0 Å². The molecule has 5 amide bonds. The van der Waals surface area contributed by atoms with Gasteiger partial charge in [-0.25, -0.2) is 4.98 Å². The van der Waals surface area contributed by atoms with Crippen molar-refractivity contribution in [2.45, 2.75) is 162 Å². The normalized spacial score (nSPS) is 18.6. The minimum atomic E-state index is -0.883. The highest BCUT2D eigenvalue weighted by atomic mass is 32.1. The Labute approximate surface area is 452 Å². The Kier molecular flexibility index (Phi) is 18.8. The van der Waals surface area contributed by atoms with Gasteiger partial charge in [-0.05, 0) is 78.7 Å². The van der Waals surface area contributed by atoms with Crippen LogP contribution in [0.2, 0.25) is 0 Å². The SMILES string of the molecule is Cc1ncsc1-c1ccc(CNC(=O)[C@@H]2C[C@@H](O)CN2C(=O)[C@@H](NC(=O)CCCCCCCC(=O)N2CCN(Cc3ccc4c(c3)CN(C(=O)c3c(O)cc(O)c(C)c3OCC3CCCCC3)C4)CC2)C(C)(C)C)cc1. The number of fused-ring (bicyclic) bond motifs is 1. The maximum absolute atomic E-state index is 14.1. The quantitative estimate of drug-likeness (QED) is 0.0535. The van der Waals surface area contributed by atoms with Gasteiger partial charge in [0, 0.05) is 89.8 Å². The van der Waals surface area contributed by atoms with Crippen molar-refractivity contribution in [3.63, 3.8) is 0 Å². The predicted molar refractivity (Wildman–Crippen MR) is 292 cm³/mol. The number of aliphatic hydroxyl groups is 1. The number of carbonyl (C=O) groups is 5. The van der Waals surface area contributed by atoms with Gasteiger partial charge < -0.3 is 45.4 Å². The lowest BCUT2D eigenvalue weighted by atomic mass is 9.85. The molecule has 0 bridgehead atoms. The molecule has 0 spiro atoms. The largest absolute Gasteiger partial charge is 0.507 e. The first kappa shape index (κ1) is 56.2. The molecule has 4 aliphatic rings. The zero-order chi connectivity index (χ0) is 54.1. The summed E-state index contributed by atoms with van der Waals surface area (Å²) in [5.41, 5.74) is 7.92. The smallest absolute Gasteiger partial charge is 0.262 e. The number of hydrogen-bond acceptors (Lipinski definition) is 12. The van der Waals surface area contributed by atoms with E-state index in [1.54, 1.807) is 23.2 Å². The van der Waals surface area contributed by atoms with Crippen LogP contribution in [0.1, 0.15) is 148 Å². The van der Waals surface area contributed by atoms with Gasteiger partial charge in [-0.2, -0.15) is 0 Å². The summed E-state index contributed by atoms with van der Waals surface area (Å²) >= 11 is 1.58. The van der Waals surface area contributed by atoms with Gasteiger partial charge >= 0.3 is 0 Å². The van der Waals surface area contributed by atoms with Gasteiger partial charge in [-0.1, -0.05) is 102 Å². The second kappa shape index (κ2) is 25.4. The third-order valence-electron chi connectivity index (χ3n) is 15.8. The molecule has 3 fully saturated rings. The molecule has 0 unspecified atom stereocenters. The summed E-state index contributed by atoms with van der Waals surface area (Å²) in [7, 11) is 0. The van der Waals surface area contributed by atoms with E-state index in [2.05, 4.69) is 38.7 Å². The molecule has 4 heterocycles. The van der Waals surface area contributed by atoms with Crippen LogP contribution in [0.25, 0.3) is 10.4 Å². The third kappa shape index (κ3) is 14.1. The molecule has 3 aliphatic heterocycles. The molecule has 4 aromatic rings. The maximum atomic E-state index is 14.1. The molecule has 410 valence electrons. The van der Waals surface area contributed by atoms with Crippen molar-refractivity contribution < 1.29 is 44.0 Å². The lowest BCUT2D eigenvalue weighted by Gasteiger charge is -2.35. The molecule has 5 N–H and O–H groups in total. The highest BCUT2D eigenvalue weighted by Gasteiger charge is 2.44. The summed E-state index contributed by atoms with van der Waals surface area (Å²) < 4.78 is 6.23. The monoisotopic (exact) mass is 1060 g/mol. The van der Waals surface area contributed by atoms with Crippen LogP contribution in [-0.2, 0) is 45.4 Å². The number of nitrogens with zero attached hydrogens (tertiary/aromatic N) is 5. The Balaban J connectivity index is 0.714. The number of benzene rings is 3. The van der Waals surface area contributed by atoms with E-state index < -0.39 is 23.6 Å². The van der Waals surface area contributed by atoms with Crippen molar-refractivity contribution in [1.82, 2.24) is 35.2 Å². The van der Waals surface area contributed by atoms with Gasteiger partial charge in [0.05, 0.1) is 28.8 Å². The molecule has 3 aromatic carbocycles. The standard InChI is InChI=1S/C59H79N7O9S/c1-38-48(68)30-49(69)52(53(38)75-36-41-14-10-9-11-15-41)57(73)65-33-44-23-20-42(28-45(44)34-65)32-63-24-26-64(27-25-63)51(71)17-13-8-6-7-12-16-50(70)62-55(59(3,4)5)58(74)66-35-46(67)29-47(66)56(72)60-31-40-18-21-43(22-19-40)54-39(2)61-37-76-54/h18-23,28,30,37,41,46-47,55,67-69H,6-17,24-27,29,31-36H2,1-5H3,(H,60,72)(H,62,70)/t46-,47+,55-/m1/s1. The van der Waals surface area contributed by atoms with Gasteiger partial charge in [0.2, 0.25) is 23.6 Å². The molecular weight excluding hydrogens is 983 g/mol. The average molecular weight is 1060 g/mol. The minimum Gasteiger partial charge on any atom is -0.507 e. The number of rotatable bonds is 20. The molecule has 16 nitrogen and oxygen atoms in total. The van der Waals surface area contributed by atoms with Crippen LogP contribution in [-0.4, -0.2) is 127 Å². The number of nitrogens with one attached hydrogen (secondary N) is 2. The fraction of sp³-hybridized carbons (Fsp3) is 0.559. The van der Waals surface area contributed by atoms with Crippen LogP contribution in [0.4, 0.5) is 0 Å². The number of aryl methyl sites for hydroxylation is 1. The Morgan fingerprint density at radius 2 is 1.50 bits per heavy atom. The number of phenolic OH excluding ortho intramolecular Hbond substituents is 2. The Morgan fingerprint density at radius 3 is 2.20 bits per heavy atom. The van der Waals surface area contributed by atoms with E-state index in [0.29, 0.717) is 57.1 Å². The van der Waals surface area contributed by atoms with Crippen molar-refractivity contribution in [3.05, 3.63) is 93.1 Å². The lowest BCUT2D eigenvalue weighted by molar-refractivity contribution is -0.144. The van der Waals surface area contributed by atoms with Gasteiger partial charge in [0.25, 0.3) is 5.91 Å². The molecule has 1 aliphatic carbocycles. The van der Waals surface area contributed by atoms with Crippen LogP contribution in [0, 0.1) is 25.2 Å². The first-order chi connectivity index (χ1) is 36.4. The molecule has 17 heteroatoms. The number of amides is 5. The third-order valence-corrected chi connectivity index (χ3v) is 16.8. The van der Waals surface area contributed by atoms with E-state index in [0.717, 1.165) is 109 Å². The number of unbranched alkanes of at least 4 members (excludes halogenated alkanes) is 4. The topological polar surface area (TPSA) is 205 Å². The van der Waals surface area contributed by atoms with E-state index in [4.69, 9.17) is 4.74 Å². The fourth-order valence-corrected chi connectivity index (χ4v) is 12.0. The zero-order valence-electron chi connectivity index (χ0n) is 45.2. The van der Waals surface area contributed by atoms with Gasteiger partial charge in [0.15, 0.2) is 0 Å². The van der Waals surface area contributed by atoms with E-state index in [9.17, 15) is 39.3 Å². The molecule has 8 rings (SSSR count). The van der Waals surface area contributed by atoms with Gasteiger partial charge in [-0.15, -0.1) is 11.3 Å². The van der Waals surface area contributed by atoms with E-state index in [1.807, 2.05) is 62.4 Å². The van der Waals surface area contributed by atoms with Crippen LogP contribution >= 0.6 is 11.3 Å². The molecule has 1 aromatic heterocycles. The zero-order valence-corrected chi connectivity index (χ0v) is 46.0. The summed E-state index contributed by atoms with van der Waals surface area (Å²) in [6.45, 7) is 14.5. The highest BCUT2D eigenvalue weighted by molar-refractivity contribution is 7.13. The Bertz CT molecular complexity index is 2690. The van der Waals surface area contributed by atoms with Crippen LogP contribution < -0.4 is 15.4 Å². The predicted octanol–water partition coefficient (Wildman–Crippen LogP) is 8.14. The second-order valence-electron chi connectivity index (χ2n) is 22.7. The number of aromatic hydroxyl groups is 2. The van der Waals surface area contributed by atoms with Crippen molar-refractivity contribution in [2.24, 2.45) is 11.3 Å². The molecule has 2 saturated heterocycles. The number of thiazole rings is 1. The first-order valence-corrected chi connectivity index (χ1v) is 28.4. The van der Waals surface area contributed by atoms with Crippen molar-refractivity contribution >= 4 is 40.9 Å². The molecule has 3 atom stereocenters. The molecule has 76 heavy (non-hydrogen) atoms. The minimum absolute atomic E-state index is 0.0135. The number of β-amino-alcohol motifs (C(OH)–C–C–N with tert-alkyl or cyclic N) is 1. The summed E-state index contributed by atoms with van der Waals surface area (Å²) in [6.07, 6.45) is 9.69. The fourth-order valence-electron chi connectivity index (χ4n) is 11.2. The average Bonchev–Trinajstić information content (AvgIpc) is 4.16. The number of aliphatic hydroxyl groups excluding tert-OH is 1. The van der Waals surface area contributed by atoms with Crippen LogP contribution in [0.3, 0.4) is 0 Å². The summed E-state index contributed by atoms with van der Waals surface area (Å²) in [6, 6.07) is 13.8. The summed E-state index contributed by atoms with van der Waals surface area (Å²) in [4.78, 5) is 81.0. The maximum Gasteiger partial charge on any atom is 0.262 e. The number of hydrogen-bond donors (Lipinski definition) is 5. The highest BCUT2D eigenvalue weighted by Crippen LogP contribution is 2.41. The van der Waals surface area contributed by atoms with Gasteiger partial charge in [0.1, 0.15) is 34.9 Å². The van der Waals surface area contributed by atoms with E-state index >= 15 is 0 Å². The Hall–Kier alpha value is -6.04. The number of carbonyl (C=O) groups excluding carboxylic acids is 5. The van der Waals surface area contributed by atoms with Gasteiger partial charge in [-0.3, -0.25) is 28.9 Å². The number of ether oxygens (including phenoxy) is 1. The molecule has 1 saturated carbocycles. The van der Waals surface area contributed by atoms with Crippen molar-refractivity contribution in [2.75, 3.05) is 39.3 Å². The number of likely N-dealkylation sites (tertiary alicyclic amines) is 1. The lowest BCUT2D eigenvalue weighted by Crippen LogP contribution is -2.57. The summed E-state index contributed by atoms with van der Waals surface area (Å²) in [5.74, 6) is -0.854.